The number of halogens is 3. The van der Waals surface area contributed by atoms with Crippen LogP contribution < -0.4 is 0 Å². The first kappa shape index (κ1) is 13.6. The Labute approximate surface area is 107 Å². The Morgan fingerprint density at radius 2 is 2.05 bits per heavy atom. The summed E-state index contributed by atoms with van der Waals surface area (Å²) in [7, 11) is 0. The predicted octanol–water partition coefficient (Wildman–Crippen LogP) is 3.34. The zero-order valence-electron chi connectivity index (χ0n) is 10.1. The summed E-state index contributed by atoms with van der Waals surface area (Å²) in [5, 5.41) is 10.0. The van der Waals surface area contributed by atoms with Crippen LogP contribution in [0.25, 0.3) is 0 Å². The van der Waals surface area contributed by atoms with Crippen molar-refractivity contribution in [3.63, 3.8) is 0 Å². The summed E-state index contributed by atoms with van der Waals surface area (Å²) in [5.74, 6) is 0.682. The number of aliphatic hydroxyl groups is 1. The van der Waals surface area contributed by atoms with Crippen LogP contribution in [0.1, 0.15) is 35.7 Å². The van der Waals surface area contributed by atoms with Crippen molar-refractivity contribution in [3.05, 3.63) is 53.2 Å². The fourth-order valence-corrected chi connectivity index (χ4v) is 1.77. The molecule has 0 aliphatic heterocycles. The third-order valence-electron chi connectivity index (χ3n) is 2.75. The molecule has 0 amide bonds. The van der Waals surface area contributed by atoms with Crippen LogP contribution >= 0.6 is 0 Å². The number of pyridine rings is 1. The SMILES string of the molecule is CCc1ccc(C(O)c2cnccc2C(F)(F)F)o1. The second-order valence-corrected chi connectivity index (χ2v) is 4.02. The summed E-state index contributed by atoms with van der Waals surface area (Å²) < 4.78 is 43.8. The van der Waals surface area contributed by atoms with E-state index in [0.29, 0.717) is 12.2 Å². The van der Waals surface area contributed by atoms with Crippen LogP contribution in [0.3, 0.4) is 0 Å². The minimum atomic E-state index is -4.54. The summed E-state index contributed by atoms with van der Waals surface area (Å²) in [6.45, 7) is 1.85. The highest BCUT2D eigenvalue weighted by atomic mass is 19.4. The fraction of sp³-hybridized carbons (Fsp3) is 0.308. The van der Waals surface area contributed by atoms with Crippen molar-refractivity contribution in [2.75, 3.05) is 0 Å². The summed E-state index contributed by atoms with van der Waals surface area (Å²) >= 11 is 0. The van der Waals surface area contributed by atoms with Crippen molar-refractivity contribution in [3.8, 4) is 0 Å². The van der Waals surface area contributed by atoms with Crippen LogP contribution in [-0.2, 0) is 12.6 Å². The standard InChI is InChI=1S/C13H12F3NO2/c1-2-8-3-4-11(19-8)12(18)9-7-17-6-5-10(9)13(14,15)16/h3-7,12,18H,2H2,1H3. The molecule has 2 aromatic rings. The highest BCUT2D eigenvalue weighted by molar-refractivity contribution is 5.32. The molecule has 2 rings (SSSR count). The zero-order valence-corrected chi connectivity index (χ0v) is 10.1. The van der Waals surface area contributed by atoms with E-state index in [1.165, 1.54) is 6.07 Å². The van der Waals surface area contributed by atoms with Gasteiger partial charge in [-0.25, -0.2) is 0 Å². The lowest BCUT2D eigenvalue weighted by atomic mass is 10.0. The third-order valence-corrected chi connectivity index (χ3v) is 2.75. The topological polar surface area (TPSA) is 46.3 Å². The average molecular weight is 271 g/mol. The van der Waals surface area contributed by atoms with E-state index < -0.39 is 17.8 Å². The number of aromatic nitrogens is 1. The van der Waals surface area contributed by atoms with Crippen LogP contribution in [0.4, 0.5) is 13.2 Å². The van der Waals surface area contributed by atoms with Crippen molar-refractivity contribution in [1.82, 2.24) is 4.98 Å². The van der Waals surface area contributed by atoms with Gasteiger partial charge in [-0.05, 0) is 18.2 Å². The fourth-order valence-electron chi connectivity index (χ4n) is 1.77. The molecule has 0 aromatic carbocycles. The molecule has 6 heteroatoms. The second kappa shape index (κ2) is 5.05. The molecule has 3 nitrogen and oxygen atoms in total. The van der Waals surface area contributed by atoms with Crippen molar-refractivity contribution >= 4 is 0 Å². The maximum atomic E-state index is 12.8. The Balaban J connectivity index is 2.41. The van der Waals surface area contributed by atoms with Crippen LogP contribution in [0.5, 0.6) is 0 Å². The largest absolute Gasteiger partial charge is 0.463 e. The van der Waals surface area contributed by atoms with Crippen molar-refractivity contribution < 1.29 is 22.7 Å². The molecule has 2 heterocycles. The number of alkyl halides is 3. The van der Waals surface area contributed by atoms with Crippen LogP contribution in [0.2, 0.25) is 0 Å². The Morgan fingerprint density at radius 3 is 2.63 bits per heavy atom. The van der Waals surface area contributed by atoms with Crippen molar-refractivity contribution in [2.24, 2.45) is 0 Å². The van der Waals surface area contributed by atoms with Gasteiger partial charge in [0.2, 0.25) is 0 Å². The van der Waals surface area contributed by atoms with Gasteiger partial charge in [0.25, 0.3) is 0 Å². The van der Waals surface area contributed by atoms with E-state index in [2.05, 4.69) is 4.98 Å². The molecule has 0 radical (unpaired) electrons. The number of aliphatic hydroxyl groups excluding tert-OH is 1. The van der Waals surface area contributed by atoms with Crippen LogP contribution in [-0.4, -0.2) is 10.1 Å². The quantitative estimate of drug-likeness (QED) is 0.931. The van der Waals surface area contributed by atoms with Crippen LogP contribution in [0, 0.1) is 0 Å². The molecule has 0 fully saturated rings. The Hall–Kier alpha value is -1.82. The summed E-state index contributed by atoms with van der Waals surface area (Å²) in [4.78, 5) is 3.63. The van der Waals surface area contributed by atoms with Gasteiger partial charge < -0.3 is 9.52 Å². The lowest BCUT2D eigenvalue weighted by molar-refractivity contribution is -0.139. The number of hydrogen-bond donors (Lipinski definition) is 1. The highest BCUT2D eigenvalue weighted by Gasteiger charge is 2.35. The number of nitrogens with zero attached hydrogens (tertiary/aromatic N) is 1. The lowest BCUT2D eigenvalue weighted by Gasteiger charge is -2.15. The molecule has 0 spiro atoms. The molecule has 1 N–H and O–H groups in total. The monoisotopic (exact) mass is 271 g/mol. The summed E-state index contributed by atoms with van der Waals surface area (Å²) in [6.07, 6.45) is -3.38. The normalized spacial score (nSPS) is 13.5. The van der Waals surface area contributed by atoms with Gasteiger partial charge >= 0.3 is 6.18 Å². The van der Waals surface area contributed by atoms with Gasteiger partial charge in [0.1, 0.15) is 17.6 Å². The summed E-state index contributed by atoms with van der Waals surface area (Å²) in [6, 6.07) is 3.93. The van der Waals surface area contributed by atoms with E-state index in [-0.39, 0.29) is 11.3 Å². The first-order chi connectivity index (χ1) is 8.93. The van der Waals surface area contributed by atoms with Gasteiger partial charge in [0.05, 0.1) is 5.56 Å². The van der Waals surface area contributed by atoms with Gasteiger partial charge in [-0.1, -0.05) is 6.92 Å². The molecule has 19 heavy (non-hydrogen) atoms. The zero-order chi connectivity index (χ0) is 14.0. The van der Waals surface area contributed by atoms with Gasteiger partial charge in [-0.15, -0.1) is 0 Å². The Bertz CT molecular complexity index is 563. The van der Waals surface area contributed by atoms with E-state index in [1.54, 1.807) is 6.07 Å². The smallest absolute Gasteiger partial charge is 0.416 e. The van der Waals surface area contributed by atoms with Crippen molar-refractivity contribution in [2.45, 2.75) is 25.6 Å². The number of furan rings is 1. The maximum absolute atomic E-state index is 12.8. The third kappa shape index (κ3) is 2.78. The molecule has 0 bridgehead atoms. The Kier molecular flexibility index (Phi) is 3.61. The molecular formula is C13H12F3NO2. The molecule has 1 atom stereocenters. The lowest BCUT2D eigenvalue weighted by Crippen LogP contribution is -2.12. The number of aryl methyl sites for hydroxylation is 1. The van der Waals surface area contributed by atoms with E-state index in [4.69, 9.17) is 4.42 Å². The van der Waals surface area contributed by atoms with Crippen molar-refractivity contribution in [1.29, 1.82) is 0 Å². The molecule has 0 saturated heterocycles. The molecule has 0 aliphatic rings. The molecule has 0 aliphatic carbocycles. The van der Waals surface area contributed by atoms with E-state index in [1.807, 2.05) is 6.92 Å². The Morgan fingerprint density at radius 1 is 1.32 bits per heavy atom. The first-order valence-corrected chi connectivity index (χ1v) is 5.71. The van der Waals surface area contributed by atoms with Gasteiger partial charge in [0.15, 0.2) is 0 Å². The van der Waals surface area contributed by atoms with E-state index in [0.717, 1.165) is 18.5 Å². The van der Waals surface area contributed by atoms with Gasteiger partial charge in [0, 0.05) is 24.4 Å². The summed E-state index contributed by atoms with van der Waals surface area (Å²) in [5.41, 5.74) is -1.23. The number of hydrogen-bond acceptors (Lipinski definition) is 3. The predicted molar refractivity (Wildman–Crippen MR) is 61.4 cm³/mol. The molecule has 102 valence electrons. The first-order valence-electron chi connectivity index (χ1n) is 5.71. The molecule has 2 aromatic heterocycles. The maximum Gasteiger partial charge on any atom is 0.416 e. The van der Waals surface area contributed by atoms with E-state index in [9.17, 15) is 18.3 Å². The van der Waals surface area contributed by atoms with Crippen LogP contribution in [0.15, 0.2) is 35.0 Å². The second-order valence-electron chi connectivity index (χ2n) is 4.02. The minimum absolute atomic E-state index is 0.0790. The average Bonchev–Trinajstić information content (AvgIpc) is 2.85. The van der Waals surface area contributed by atoms with E-state index >= 15 is 0 Å². The highest BCUT2D eigenvalue weighted by Crippen LogP contribution is 2.36. The number of rotatable bonds is 3. The van der Waals surface area contributed by atoms with Gasteiger partial charge in [-0.2, -0.15) is 13.2 Å². The molecule has 0 saturated carbocycles. The molecular weight excluding hydrogens is 259 g/mol. The van der Waals surface area contributed by atoms with Gasteiger partial charge in [-0.3, -0.25) is 4.98 Å². The molecule has 1 unspecified atom stereocenters. The minimum Gasteiger partial charge on any atom is -0.463 e.